The number of hydrogen-bond donors (Lipinski definition) is 4. The smallest absolute Gasteiger partial charge is 0.187 e. The van der Waals surface area contributed by atoms with Gasteiger partial charge in [0.15, 0.2) is 6.29 Å². The maximum absolute atomic E-state index is 10.1. The highest BCUT2D eigenvalue weighted by Crippen LogP contribution is 2.36. The van der Waals surface area contributed by atoms with E-state index in [1.807, 2.05) is 13.8 Å². The van der Waals surface area contributed by atoms with Crippen molar-refractivity contribution in [2.24, 2.45) is 5.92 Å². The van der Waals surface area contributed by atoms with E-state index in [-0.39, 0.29) is 5.92 Å². The van der Waals surface area contributed by atoms with Crippen molar-refractivity contribution >= 4 is 0 Å². The molecule has 0 aromatic rings. The van der Waals surface area contributed by atoms with Gasteiger partial charge in [-0.1, -0.05) is 11.6 Å². The van der Waals surface area contributed by atoms with E-state index < -0.39 is 42.9 Å². The lowest BCUT2D eigenvalue weighted by Gasteiger charge is -2.45. The van der Waals surface area contributed by atoms with Crippen LogP contribution in [0.2, 0.25) is 0 Å². The molecule has 0 unspecified atom stereocenters. The normalized spacial score (nSPS) is 40.4. The van der Waals surface area contributed by atoms with Crippen LogP contribution in [0.4, 0.5) is 0 Å². The highest BCUT2D eigenvalue weighted by atomic mass is 16.7. The van der Waals surface area contributed by atoms with Crippen LogP contribution in [0.5, 0.6) is 0 Å². The maximum atomic E-state index is 10.1. The van der Waals surface area contributed by atoms with Gasteiger partial charge >= 0.3 is 0 Å². The van der Waals surface area contributed by atoms with Crippen LogP contribution < -0.4 is 0 Å². The summed E-state index contributed by atoms with van der Waals surface area (Å²) in [7, 11) is 0. The zero-order valence-electron chi connectivity index (χ0n) is 13.5. The summed E-state index contributed by atoms with van der Waals surface area (Å²) in [5.41, 5.74) is 0.824. The zero-order valence-corrected chi connectivity index (χ0v) is 13.5. The second kappa shape index (κ2) is 6.95. The summed E-state index contributed by atoms with van der Waals surface area (Å²) >= 11 is 0. The average Bonchev–Trinajstić information content (AvgIpc) is 2.48. The third-order valence-corrected chi connectivity index (χ3v) is 4.89. The van der Waals surface area contributed by atoms with Gasteiger partial charge in [0.05, 0.1) is 12.2 Å². The number of rotatable bonds is 4. The van der Waals surface area contributed by atoms with Crippen LogP contribution in [0.3, 0.4) is 0 Å². The molecule has 6 heteroatoms. The molecular weight excluding hydrogens is 288 g/mol. The van der Waals surface area contributed by atoms with Gasteiger partial charge in [-0.05, 0) is 46.0 Å². The molecular formula is C16H28O6. The molecule has 1 aliphatic carbocycles. The van der Waals surface area contributed by atoms with Crippen molar-refractivity contribution < 1.29 is 29.9 Å². The molecule has 0 saturated carbocycles. The van der Waals surface area contributed by atoms with Gasteiger partial charge in [-0.25, -0.2) is 0 Å². The molecule has 0 aromatic heterocycles. The van der Waals surface area contributed by atoms with Gasteiger partial charge in [0.25, 0.3) is 0 Å². The van der Waals surface area contributed by atoms with Crippen LogP contribution in [0.15, 0.2) is 11.6 Å². The number of ether oxygens (including phenoxy) is 2. The molecule has 22 heavy (non-hydrogen) atoms. The summed E-state index contributed by atoms with van der Waals surface area (Å²) in [6.45, 7) is 5.54. The van der Waals surface area contributed by atoms with Crippen molar-refractivity contribution in [3.8, 4) is 0 Å². The van der Waals surface area contributed by atoms with E-state index >= 15 is 0 Å². The van der Waals surface area contributed by atoms with Crippen LogP contribution in [0, 0.1) is 5.92 Å². The van der Waals surface area contributed by atoms with Crippen molar-refractivity contribution in [2.45, 2.75) is 76.3 Å². The fourth-order valence-electron chi connectivity index (χ4n) is 3.16. The Bertz CT molecular complexity index is 405. The van der Waals surface area contributed by atoms with Gasteiger partial charge in [-0.3, -0.25) is 0 Å². The first-order valence-corrected chi connectivity index (χ1v) is 7.90. The molecule has 6 atom stereocenters. The topological polar surface area (TPSA) is 99.4 Å². The summed E-state index contributed by atoms with van der Waals surface area (Å²) in [5, 5.41) is 38.9. The van der Waals surface area contributed by atoms with Crippen LogP contribution in [-0.4, -0.2) is 63.3 Å². The predicted octanol–water partition coefficient (Wildman–Crippen LogP) is 0.328. The SMILES string of the molecule is CC1=CC[C@H](C(C)(C)O[C@@H]2O[C@H](CO)[C@@H](O)[C@H](O)[C@H]2O)CC1. The van der Waals surface area contributed by atoms with E-state index in [4.69, 9.17) is 9.47 Å². The number of aliphatic hydroxyl groups excluding tert-OH is 4. The Balaban J connectivity index is 2.04. The van der Waals surface area contributed by atoms with Crippen LogP contribution in [0.1, 0.15) is 40.0 Å². The van der Waals surface area contributed by atoms with Crippen molar-refractivity contribution in [1.29, 1.82) is 0 Å². The van der Waals surface area contributed by atoms with Gasteiger partial charge in [-0.15, -0.1) is 0 Å². The van der Waals surface area contributed by atoms with Crippen LogP contribution in [-0.2, 0) is 9.47 Å². The van der Waals surface area contributed by atoms with Crippen molar-refractivity contribution in [3.05, 3.63) is 11.6 Å². The van der Waals surface area contributed by atoms with Crippen molar-refractivity contribution in [3.63, 3.8) is 0 Å². The Morgan fingerprint density at radius 2 is 1.91 bits per heavy atom. The Morgan fingerprint density at radius 3 is 2.45 bits per heavy atom. The predicted molar refractivity (Wildman–Crippen MR) is 80.0 cm³/mol. The number of hydrogen-bond acceptors (Lipinski definition) is 6. The van der Waals surface area contributed by atoms with Gasteiger partial charge in [0.1, 0.15) is 24.4 Å². The van der Waals surface area contributed by atoms with Crippen LogP contribution >= 0.6 is 0 Å². The molecule has 1 heterocycles. The van der Waals surface area contributed by atoms with E-state index in [2.05, 4.69) is 13.0 Å². The monoisotopic (exact) mass is 316 g/mol. The average molecular weight is 316 g/mol. The zero-order chi connectivity index (χ0) is 16.5. The van der Waals surface area contributed by atoms with E-state index in [1.54, 1.807) is 0 Å². The molecule has 128 valence electrons. The summed E-state index contributed by atoms with van der Waals surface area (Å²) < 4.78 is 11.4. The molecule has 6 nitrogen and oxygen atoms in total. The van der Waals surface area contributed by atoms with Gasteiger partial charge in [0, 0.05) is 0 Å². The van der Waals surface area contributed by atoms with E-state index in [9.17, 15) is 20.4 Å². The first kappa shape index (κ1) is 17.8. The summed E-state index contributed by atoms with van der Waals surface area (Å²) in [4.78, 5) is 0. The summed E-state index contributed by atoms with van der Waals surface area (Å²) in [5.74, 6) is 0.281. The number of aliphatic hydroxyl groups is 4. The van der Waals surface area contributed by atoms with Crippen molar-refractivity contribution in [2.75, 3.05) is 6.61 Å². The minimum atomic E-state index is -1.40. The molecule has 0 bridgehead atoms. The first-order valence-electron chi connectivity index (χ1n) is 7.90. The summed E-state index contributed by atoms with van der Waals surface area (Å²) in [6, 6.07) is 0. The van der Waals surface area contributed by atoms with Crippen LogP contribution in [0.25, 0.3) is 0 Å². The third-order valence-electron chi connectivity index (χ3n) is 4.89. The molecule has 0 radical (unpaired) electrons. The Hall–Kier alpha value is -0.500. The van der Waals surface area contributed by atoms with E-state index in [1.165, 1.54) is 5.57 Å². The maximum Gasteiger partial charge on any atom is 0.187 e. The molecule has 0 spiro atoms. The van der Waals surface area contributed by atoms with E-state index in [0.717, 1.165) is 19.3 Å². The number of allylic oxidation sites excluding steroid dienone is 2. The lowest BCUT2D eigenvalue weighted by atomic mass is 9.79. The van der Waals surface area contributed by atoms with E-state index in [0.29, 0.717) is 0 Å². The first-order chi connectivity index (χ1) is 10.3. The molecule has 1 fully saturated rings. The molecule has 1 saturated heterocycles. The second-order valence-electron chi connectivity index (χ2n) is 6.94. The highest BCUT2D eigenvalue weighted by molar-refractivity contribution is 5.05. The fraction of sp³-hybridized carbons (Fsp3) is 0.875. The fourth-order valence-corrected chi connectivity index (χ4v) is 3.16. The third kappa shape index (κ3) is 3.69. The standard InChI is InChI=1S/C16H28O6/c1-9-4-6-10(7-5-9)16(2,3)22-15-14(20)13(19)12(18)11(8-17)21-15/h4,10-15,17-20H,5-8H2,1-3H3/t10-,11+,12+,13-,14+,15-/m0/s1. The molecule has 1 aliphatic heterocycles. The van der Waals surface area contributed by atoms with Gasteiger partial charge in [-0.2, -0.15) is 0 Å². The highest BCUT2D eigenvalue weighted by Gasteiger charge is 2.46. The molecule has 2 rings (SSSR count). The Labute approximate surface area is 131 Å². The molecule has 2 aliphatic rings. The summed E-state index contributed by atoms with van der Waals surface area (Å²) in [6.07, 6.45) is -1.01. The minimum absolute atomic E-state index is 0.281. The lowest BCUT2D eigenvalue weighted by Crippen LogP contribution is -2.60. The molecule has 0 aromatic carbocycles. The second-order valence-corrected chi connectivity index (χ2v) is 6.94. The molecule has 4 N–H and O–H groups in total. The quantitative estimate of drug-likeness (QED) is 0.558. The Kier molecular flexibility index (Phi) is 5.63. The van der Waals surface area contributed by atoms with Gasteiger partial charge in [0.2, 0.25) is 0 Å². The largest absolute Gasteiger partial charge is 0.394 e. The minimum Gasteiger partial charge on any atom is -0.394 e. The van der Waals surface area contributed by atoms with Gasteiger partial charge < -0.3 is 29.9 Å². The molecule has 0 amide bonds. The van der Waals surface area contributed by atoms with Crippen molar-refractivity contribution in [1.82, 2.24) is 0 Å². The lowest BCUT2D eigenvalue weighted by molar-refractivity contribution is -0.328. The Morgan fingerprint density at radius 1 is 1.23 bits per heavy atom.